The Kier molecular flexibility index (Phi) is 4.86. The lowest BCUT2D eigenvalue weighted by Gasteiger charge is -2.31. The molecule has 1 fully saturated rings. The van der Waals surface area contributed by atoms with Crippen molar-refractivity contribution in [2.45, 2.75) is 19.4 Å². The lowest BCUT2D eigenvalue weighted by Crippen LogP contribution is -2.42. The van der Waals surface area contributed by atoms with Gasteiger partial charge in [0.25, 0.3) is 5.56 Å². The van der Waals surface area contributed by atoms with Gasteiger partial charge in [-0.15, -0.1) is 0 Å². The van der Waals surface area contributed by atoms with E-state index in [1.54, 1.807) is 11.0 Å². The minimum Gasteiger partial charge on any atom is -0.448 e. The molecule has 5 rings (SSSR count). The first-order valence-corrected chi connectivity index (χ1v) is 10.4. The molecular weight excluding hydrogens is 394 g/mol. The van der Waals surface area contributed by atoms with E-state index in [2.05, 4.69) is 4.98 Å². The molecule has 2 aromatic carbocycles. The van der Waals surface area contributed by atoms with Crippen LogP contribution in [0.1, 0.15) is 23.2 Å². The molecule has 0 aliphatic carbocycles. The van der Waals surface area contributed by atoms with E-state index >= 15 is 0 Å². The predicted molar refractivity (Wildman–Crippen MR) is 116 cm³/mol. The summed E-state index contributed by atoms with van der Waals surface area (Å²) in [7, 11) is 0. The number of aromatic nitrogens is 2. The molecule has 7 nitrogen and oxygen atoms in total. The zero-order chi connectivity index (χ0) is 21.4. The Morgan fingerprint density at radius 2 is 1.71 bits per heavy atom. The fraction of sp³-hybridized carbons (Fsp3) is 0.250. The Balaban J connectivity index is 1.28. The van der Waals surface area contributed by atoms with Crippen molar-refractivity contribution in [1.29, 1.82) is 0 Å². The van der Waals surface area contributed by atoms with Crippen molar-refractivity contribution >= 4 is 33.8 Å². The Labute approximate surface area is 177 Å². The molecule has 31 heavy (non-hydrogen) atoms. The normalized spacial score (nSPS) is 14.9. The van der Waals surface area contributed by atoms with Gasteiger partial charge in [-0.2, -0.15) is 0 Å². The second-order valence-electron chi connectivity index (χ2n) is 7.84. The molecule has 0 bridgehead atoms. The number of fused-ring (bicyclic) bond motifs is 3. The van der Waals surface area contributed by atoms with Crippen molar-refractivity contribution < 1.29 is 14.0 Å². The van der Waals surface area contributed by atoms with Crippen LogP contribution in [0.4, 0.5) is 0 Å². The van der Waals surface area contributed by atoms with Crippen LogP contribution >= 0.6 is 0 Å². The van der Waals surface area contributed by atoms with Gasteiger partial charge in [-0.05, 0) is 25.0 Å². The van der Waals surface area contributed by atoms with Crippen LogP contribution < -0.4 is 5.56 Å². The lowest BCUT2D eigenvalue weighted by atomic mass is 9.89. The highest BCUT2D eigenvalue weighted by atomic mass is 16.3. The fourth-order valence-corrected chi connectivity index (χ4v) is 4.20. The van der Waals surface area contributed by atoms with E-state index in [1.807, 2.05) is 48.5 Å². The van der Waals surface area contributed by atoms with E-state index in [0.29, 0.717) is 42.6 Å². The van der Waals surface area contributed by atoms with Crippen LogP contribution in [0.5, 0.6) is 0 Å². The summed E-state index contributed by atoms with van der Waals surface area (Å²) in [5, 5.41) is 0.776. The lowest BCUT2D eigenvalue weighted by molar-refractivity contribution is -0.133. The third-order valence-electron chi connectivity index (χ3n) is 5.93. The van der Waals surface area contributed by atoms with Crippen LogP contribution in [0.25, 0.3) is 22.1 Å². The van der Waals surface area contributed by atoms with Crippen LogP contribution in [-0.4, -0.2) is 39.2 Å². The van der Waals surface area contributed by atoms with Gasteiger partial charge in [-0.25, -0.2) is 4.98 Å². The number of benzene rings is 2. The van der Waals surface area contributed by atoms with E-state index in [-0.39, 0.29) is 35.3 Å². The molecule has 156 valence electrons. The number of carbonyl (C=O) groups is 2. The van der Waals surface area contributed by atoms with E-state index in [4.69, 9.17) is 4.42 Å². The van der Waals surface area contributed by atoms with Gasteiger partial charge < -0.3 is 9.32 Å². The van der Waals surface area contributed by atoms with Gasteiger partial charge in [0, 0.05) is 30.0 Å². The largest absolute Gasteiger partial charge is 0.448 e. The van der Waals surface area contributed by atoms with Crippen LogP contribution in [0.15, 0.2) is 70.1 Å². The average Bonchev–Trinajstić information content (AvgIpc) is 3.20. The summed E-state index contributed by atoms with van der Waals surface area (Å²) >= 11 is 0. The third-order valence-corrected chi connectivity index (χ3v) is 5.93. The second-order valence-corrected chi connectivity index (χ2v) is 7.84. The standard InChI is InChI=1S/C24H21N3O4/c28-20(26-12-10-17(11-13-26)22(29)16-6-2-1-3-7-16)14-27-15-25-21-18-8-4-5-9-19(18)31-23(21)24(27)30/h1-9,15,17H,10-14H2. The zero-order valence-corrected chi connectivity index (χ0v) is 16.9. The molecule has 1 aliphatic rings. The molecule has 7 heteroatoms. The van der Waals surface area contributed by atoms with E-state index < -0.39 is 0 Å². The summed E-state index contributed by atoms with van der Waals surface area (Å²) in [5.41, 5.74) is 1.59. The Morgan fingerprint density at radius 1 is 1.00 bits per heavy atom. The minimum absolute atomic E-state index is 0.0808. The molecule has 0 saturated carbocycles. The maximum atomic E-state index is 12.8. The quantitative estimate of drug-likeness (QED) is 0.478. The number of Topliss-reactive ketones (excluding diaryl/α,β-unsaturated/α-hetero) is 1. The topological polar surface area (TPSA) is 85.4 Å². The van der Waals surface area contributed by atoms with Crippen molar-refractivity contribution in [3.63, 3.8) is 0 Å². The van der Waals surface area contributed by atoms with Gasteiger partial charge in [0.15, 0.2) is 5.78 Å². The molecule has 1 amide bonds. The minimum atomic E-state index is -0.372. The molecule has 3 heterocycles. The van der Waals surface area contributed by atoms with Crippen LogP contribution in [0, 0.1) is 5.92 Å². The Hall–Kier alpha value is -3.74. The van der Waals surface area contributed by atoms with Crippen LogP contribution in [0.2, 0.25) is 0 Å². The molecule has 1 saturated heterocycles. The average molecular weight is 415 g/mol. The van der Waals surface area contributed by atoms with Crippen molar-refractivity contribution in [2.24, 2.45) is 5.92 Å². The number of furan rings is 1. The Bertz CT molecular complexity index is 1330. The van der Waals surface area contributed by atoms with Crippen LogP contribution in [0.3, 0.4) is 0 Å². The van der Waals surface area contributed by atoms with Gasteiger partial charge in [0.05, 0.1) is 6.33 Å². The molecule has 1 aliphatic heterocycles. The number of likely N-dealkylation sites (tertiary alicyclic amines) is 1. The number of hydrogen-bond donors (Lipinski definition) is 0. The van der Waals surface area contributed by atoms with E-state index in [1.165, 1.54) is 10.9 Å². The molecular formula is C24H21N3O4. The summed E-state index contributed by atoms with van der Waals surface area (Å²) in [6.07, 6.45) is 2.64. The summed E-state index contributed by atoms with van der Waals surface area (Å²) in [6.45, 7) is 0.893. The number of rotatable bonds is 4. The predicted octanol–water partition coefficient (Wildman–Crippen LogP) is 3.26. The molecule has 0 atom stereocenters. The first-order valence-electron chi connectivity index (χ1n) is 10.4. The molecule has 0 unspecified atom stereocenters. The van der Waals surface area contributed by atoms with Crippen molar-refractivity contribution in [3.05, 3.63) is 76.8 Å². The number of carbonyl (C=O) groups excluding carboxylic acids is 2. The number of ketones is 1. The van der Waals surface area contributed by atoms with Crippen LogP contribution in [-0.2, 0) is 11.3 Å². The molecule has 0 radical (unpaired) electrons. The van der Waals surface area contributed by atoms with Gasteiger partial charge in [0.1, 0.15) is 17.6 Å². The van der Waals surface area contributed by atoms with Crippen molar-refractivity contribution in [3.8, 4) is 0 Å². The second kappa shape index (κ2) is 7.83. The van der Waals surface area contributed by atoms with Crippen molar-refractivity contribution in [1.82, 2.24) is 14.5 Å². The number of para-hydroxylation sites is 1. The van der Waals surface area contributed by atoms with E-state index in [0.717, 1.165) is 5.39 Å². The summed E-state index contributed by atoms with van der Waals surface area (Å²) < 4.78 is 6.96. The van der Waals surface area contributed by atoms with Gasteiger partial charge in [-0.1, -0.05) is 42.5 Å². The first kappa shape index (κ1) is 19.2. The number of amides is 1. The number of piperidine rings is 1. The monoisotopic (exact) mass is 415 g/mol. The summed E-state index contributed by atoms with van der Waals surface area (Å²) in [6, 6.07) is 16.6. The fourth-order valence-electron chi connectivity index (χ4n) is 4.20. The smallest absolute Gasteiger partial charge is 0.297 e. The first-order chi connectivity index (χ1) is 15.1. The zero-order valence-electron chi connectivity index (χ0n) is 16.9. The van der Waals surface area contributed by atoms with E-state index in [9.17, 15) is 14.4 Å². The highest BCUT2D eigenvalue weighted by Crippen LogP contribution is 2.24. The molecule has 0 spiro atoms. The van der Waals surface area contributed by atoms with Gasteiger partial charge in [-0.3, -0.25) is 19.0 Å². The molecule has 4 aromatic rings. The van der Waals surface area contributed by atoms with Gasteiger partial charge >= 0.3 is 0 Å². The van der Waals surface area contributed by atoms with Crippen molar-refractivity contribution in [2.75, 3.05) is 13.1 Å². The SMILES string of the molecule is O=C(c1ccccc1)C1CCN(C(=O)Cn2cnc3c(oc4ccccc43)c2=O)CC1. The third kappa shape index (κ3) is 3.52. The number of hydrogen-bond acceptors (Lipinski definition) is 5. The van der Waals surface area contributed by atoms with Gasteiger partial charge in [0.2, 0.25) is 11.5 Å². The summed E-state index contributed by atoms with van der Waals surface area (Å²) in [4.78, 5) is 44.3. The maximum Gasteiger partial charge on any atom is 0.297 e. The maximum absolute atomic E-state index is 12.8. The highest BCUT2D eigenvalue weighted by molar-refractivity contribution is 6.01. The number of nitrogens with zero attached hydrogens (tertiary/aromatic N) is 3. The Morgan fingerprint density at radius 3 is 2.48 bits per heavy atom. The molecule has 0 N–H and O–H groups in total. The summed E-state index contributed by atoms with van der Waals surface area (Å²) in [5.74, 6) is -0.115. The molecule has 2 aromatic heterocycles. The highest BCUT2D eigenvalue weighted by Gasteiger charge is 2.28.